The highest BCUT2D eigenvalue weighted by Gasteiger charge is 2.22. The fourth-order valence-corrected chi connectivity index (χ4v) is 4.85. The molecule has 0 radical (unpaired) electrons. The van der Waals surface area contributed by atoms with E-state index >= 15 is 0 Å². The zero-order valence-corrected chi connectivity index (χ0v) is 23.0. The third-order valence-corrected chi connectivity index (χ3v) is 6.73. The van der Waals surface area contributed by atoms with Crippen molar-refractivity contribution in [2.24, 2.45) is 0 Å². The number of carbonyl (C=O) groups is 1. The summed E-state index contributed by atoms with van der Waals surface area (Å²) in [6, 6.07) is 15.1. The maximum absolute atomic E-state index is 14.0. The second kappa shape index (κ2) is 11.1. The second-order valence-corrected chi connectivity index (χ2v) is 11.1. The van der Waals surface area contributed by atoms with Gasteiger partial charge in [-0.1, -0.05) is 12.1 Å². The number of anilines is 2. The van der Waals surface area contributed by atoms with Gasteiger partial charge in [0.2, 0.25) is 15.8 Å². The fraction of sp³-hybridized carbons (Fsp3) is 0.143. The number of ether oxygens (including phenoxy) is 2. The van der Waals surface area contributed by atoms with E-state index in [-0.39, 0.29) is 34.3 Å². The van der Waals surface area contributed by atoms with Crippen LogP contribution in [-0.4, -0.2) is 48.3 Å². The predicted molar refractivity (Wildman–Crippen MR) is 151 cm³/mol. The topological polar surface area (TPSA) is 141 Å². The number of H-pyrrole nitrogens is 1. The van der Waals surface area contributed by atoms with Crippen LogP contribution in [0.3, 0.4) is 0 Å². The monoisotopic (exact) mass is 599 g/mol. The van der Waals surface area contributed by atoms with Gasteiger partial charge in [0.25, 0.3) is 6.43 Å². The molecule has 3 aromatic carbocycles. The Hall–Kier alpha value is -4.98. The molecule has 42 heavy (non-hydrogen) atoms. The number of halogens is 3. The molecule has 4 N–H and O–H groups in total. The van der Waals surface area contributed by atoms with Crippen LogP contribution in [-0.2, 0) is 10.0 Å². The summed E-state index contributed by atoms with van der Waals surface area (Å²) >= 11 is 0. The van der Waals surface area contributed by atoms with Crippen molar-refractivity contribution in [2.75, 3.05) is 23.3 Å². The lowest BCUT2D eigenvalue weighted by Gasteiger charge is -2.12. The van der Waals surface area contributed by atoms with Crippen molar-refractivity contribution >= 4 is 38.2 Å². The molecule has 14 heteroatoms. The first-order valence-electron chi connectivity index (χ1n) is 12.4. The van der Waals surface area contributed by atoms with E-state index in [9.17, 15) is 26.4 Å². The highest BCUT2D eigenvalue weighted by molar-refractivity contribution is 7.92. The van der Waals surface area contributed by atoms with Crippen molar-refractivity contribution in [3.05, 3.63) is 89.5 Å². The Morgan fingerprint density at radius 1 is 1.12 bits per heavy atom. The van der Waals surface area contributed by atoms with Gasteiger partial charge in [-0.15, -0.1) is 0 Å². The van der Waals surface area contributed by atoms with Gasteiger partial charge in [-0.25, -0.2) is 26.3 Å². The average Bonchev–Trinajstić information content (AvgIpc) is 3.50. The number of aromatic nitrogens is 3. The molecule has 0 saturated heterocycles. The van der Waals surface area contributed by atoms with Crippen LogP contribution in [0.25, 0.3) is 16.6 Å². The lowest BCUT2D eigenvalue weighted by Crippen LogP contribution is -2.13. The van der Waals surface area contributed by atoms with Gasteiger partial charge in [0, 0.05) is 10.9 Å². The number of nitrogens with one attached hydrogen (secondary N) is 2. The summed E-state index contributed by atoms with van der Waals surface area (Å²) in [6.07, 6.45) is -0.571. The van der Waals surface area contributed by atoms with Gasteiger partial charge in [0.15, 0.2) is 11.6 Å². The first kappa shape index (κ1) is 28.5. The largest absolute Gasteiger partial charge is 0.485 e. The molecule has 0 spiro atoms. The van der Waals surface area contributed by atoms with Crippen molar-refractivity contribution in [1.82, 2.24) is 14.8 Å². The summed E-state index contributed by atoms with van der Waals surface area (Å²) in [4.78, 5) is 16.3. The maximum atomic E-state index is 14.0. The van der Waals surface area contributed by atoms with E-state index in [0.29, 0.717) is 27.9 Å². The van der Waals surface area contributed by atoms with Gasteiger partial charge < -0.3 is 20.2 Å². The molecule has 10 nitrogen and oxygen atoms in total. The van der Waals surface area contributed by atoms with Crippen LogP contribution in [0.4, 0.5) is 24.7 Å². The first-order chi connectivity index (χ1) is 19.9. The molecule has 218 valence electrons. The van der Waals surface area contributed by atoms with Crippen molar-refractivity contribution in [3.63, 3.8) is 0 Å². The molecular weight excluding hydrogens is 575 g/mol. The summed E-state index contributed by atoms with van der Waals surface area (Å²) in [5.41, 5.74) is 8.01. The number of carbonyl (C=O) groups excluding carboxylic acids is 1. The number of fused-ring (bicyclic) bond motifs is 1. The Morgan fingerprint density at radius 2 is 1.88 bits per heavy atom. The van der Waals surface area contributed by atoms with E-state index in [2.05, 4.69) is 14.8 Å². The molecule has 0 aliphatic rings. The molecule has 0 aliphatic heterocycles. The molecule has 0 bridgehead atoms. The van der Waals surface area contributed by atoms with E-state index in [0.717, 1.165) is 6.26 Å². The highest BCUT2D eigenvalue weighted by Crippen LogP contribution is 2.33. The van der Waals surface area contributed by atoms with E-state index in [1.165, 1.54) is 41.2 Å². The third kappa shape index (κ3) is 6.02. The number of hydrogen-bond acceptors (Lipinski definition) is 7. The van der Waals surface area contributed by atoms with E-state index in [4.69, 9.17) is 15.2 Å². The molecule has 5 rings (SSSR count). The molecule has 0 fully saturated rings. The van der Waals surface area contributed by atoms with Crippen LogP contribution >= 0.6 is 0 Å². The summed E-state index contributed by atoms with van der Waals surface area (Å²) < 4.78 is 77.4. The minimum atomic E-state index is -3.76. The van der Waals surface area contributed by atoms with Gasteiger partial charge in [-0.2, -0.15) is 5.10 Å². The SMILES string of the molecule is Cc1cc(Oc2ccccc2F)ccc1-n1ncc(C(=O)c2cc3cc(OCC(F)F)c(NS(C)(=O)=O)cc3[nH]2)c1N. The minimum absolute atomic E-state index is 0.0462. The van der Waals surface area contributed by atoms with Gasteiger partial charge in [-0.3, -0.25) is 9.52 Å². The van der Waals surface area contributed by atoms with Crippen molar-refractivity contribution in [1.29, 1.82) is 0 Å². The molecular formula is C28H24F3N5O5S. The van der Waals surface area contributed by atoms with E-state index in [1.807, 2.05) is 0 Å². The van der Waals surface area contributed by atoms with Gasteiger partial charge in [0.05, 0.1) is 35.1 Å². The van der Waals surface area contributed by atoms with Crippen LogP contribution in [0.5, 0.6) is 17.2 Å². The maximum Gasteiger partial charge on any atom is 0.272 e. The highest BCUT2D eigenvalue weighted by atomic mass is 32.2. The Balaban J connectivity index is 1.43. The second-order valence-electron chi connectivity index (χ2n) is 9.36. The van der Waals surface area contributed by atoms with Crippen LogP contribution < -0.4 is 19.9 Å². The Labute approximate surface area is 237 Å². The number of aromatic amines is 1. The molecule has 0 amide bonds. The standard InChI is InChI=1S/C28H24F3N5O5S/c1-15-9-17(41-24-6-4-3-5-19(24)29)7-8-23(15)36-28(32)18(13-33-36)27(37)22-10-16-11-25(40-14-26(30)31)21(12-20(16)34-22)35-42(2,38)39/h3-13,26,34-35H,14,32H2,1-2H3. The lowest BCUT2D eigenvalue weighted by atomic mass is 10.1. The predicted octanol–water partition coefficient (Wildman–Crippen LogP) is 5.42. The lowest BCUT2D eigenvalue weighted by molar-refractivity contribution is 0.0823. The van der Waals surface area contributed by atoms with E-state index < -0.39 is 34.7 Å². The Morgan fingerprint density at radius 3 is 2.57 bits per heavy atom. The molecule has 0 saturated carbocycles. The van der Waals surface area contributed by atoms with Gasteiger partial charge in [-0.05, 0) is 61.0 Å². The number of nitrogens with zero attached hydrogens (tertiary/aromatic N) is 2. The van der Waals surface area contributed by atoms with Crippen molar-refractivity contribution < 1.29 is 35.9 Å². The van der Waals surface area contributed by atoms with Crippen molar-refractivity contribution in [2.45, 2.75) is 13.3 Å². The van der Waals surface area contributed by atoms with Crippen molar-refractivity contribution in [3.8, 4) is 22.9 Å². The number of rotatable bonds is 10. The average molecular weight is 600 g/mol. The molecule has 0 atom stereocenters. The Kier molecular flexibility index (Phi) is 7.56. The molecule has 2 heterocycles. The first-order valence-corrected chi connectivity index (χ1v) is 14.3. The fourth-order valence-electron chi connectivity index (χ4n) is 4.29. The van der Waals surface area contributed by atoms with Crippen LogP contribution in [0.15, 0.2) is 66.9 Å². The summed E-state index contributed by atoms with van der Waals surface area (Å²) in [5, 5.41) is 4.68. The molecule has 0 aliphatic carbocycles. The smallest absolute Gasteiger partial charge is 0.272 e. The number of sulfonamides is 1. The zero-order chi connectivity index (χ0) is 30.2. The molecule has 0 unspecified atom stereocenters. The van der Waals surface area contributed by atoms with Crippen LogP contribution in [0.1, 0.15) is 21.6 Å². The number of ketones is 1. The van der Waals surface area contributed by atoms with E-state index in [1.54, 1.807) is 37.3 Å². The number of nitrogen functional groups attached to an aromatic ring is 1. The quantitative estimate of drug-likeness (QED) is 0.182. The minimum Gasteiger partial charge on any atom is -0.485 e. The number of nitrogens with two attached hydrogens (primary N) is 1. The number of alkyl halides is 2. The summed E-state index contributed by atoms with van der Waals surface area (Å²) in [6.45, 7) is 0.825. The van der Waals surface area contributed by atoms with Gasteiger partial charge >= 0.3 is 0 Å². The summed E-state index contributed by atoms with van der Waals surface area (Å²) in [5.74, 6) is -0.638. The zero-order valence-electron chi connectivity index (χ0n) is 22.2. The number of para-hydroxylation sites is 1. The van der Waals surface area contributed by atoms with Crippen LogP contribution in [0.2, 0.25) is 0 Å². The normalized spacial score (nSPS) is 11.7. The molecule has 5 aromatic rings. The Bertz CT molecular complexity index is 1920. The number of hydrogen-bond donors (Lipinski definition) is 3. The van der Waals surface area contributed by atoms with Crippen LogP contribution in [0, 0.1) is 12.7 Å². The third-order valence-electron chi connectivity index (χ3n) is 6.14. The summed E-state index contributed by atoms with van der Waals surface area (Å²) in [7, 11) is -3.76. The number of benzene rings is 3. The van der Waals surface area contributed by atoms with Gasteiger partial charge in [0.1, 0.15) is 23.9 Å². The molecule has 2 aromatic heterocycles. The number of aryl methyl sites for hydroxylation is 1.